The summed E-state index contributed by atoms with van der Waals surface area (Å²) >= 11 is 0. The number of fused-ring (bicyclic) bond motifs is 1. The van der Waals surface area contributed by atoms with E-state index in [-0.39, 0.29) is 16.6 Å². The van der Waals surface area contributed by atoms with E-state index in [1.54, 1.807) is 24.3 Å². The number of nitrogens with one attached hydrogen (secondary N) is 2. The van der Waals surface area contributed by atoms with Gasteiger partial charge in [0.05, 0.1) is 6.07 Å². The fourth-order valence-corrected chi connectivity index (χ4v) is 7.69. The monoisotopic (exact) mass is 511 g/mol. The van der Waals surface area contributed by atoms with E-state index in [0.29, 0.717) is 36.9 Å². The van der Waals surface area contributed by atoms with Crippen molar-refractivity contribution in [3.8, 4) is 6.07 Å². The second kappa shape index (κ2) is 10.5. The van der Waals surface area contributed by atoms with Crippen LogP contribution in [0, 0.1) is 17.2 Å². The van der Waals surface area contributed by atoms with Gasteiger partial charge in [0.2, 0.25) is 5.91 Å². The van der Waals surface area contributed by atoms with Crippen LogP contribution in [0.2, 0.25) is 0 Å². The number of nitrogens with zero attached hydrogens (tertiary/aromatic N) is 3. The minimum atomic E-state index is -3.78. The molecule has 1 saturated heterocycles. The molecule has 9 heteroatoms. The van der Waals surface area contributed by atoms with Crippen LogP contribution >= 0.6 is 0 Å². The molecule has 5 rings (SSSR count). The van der Waals surface area contributed by atoms with Crippen molar-refractivity contribution in [2.75, 3.05) is 13.1 Å². The molecule has 1 aromatic carbocycles. The fraction of sp³-hybridized carbons (Fsp3) is 0.667. The van der Waals surface area contributed by atoms with Gasteiger partial charge in [0.1, 0.15) is 22.3 Å². The molecule has 2 aliphatic carbocycles. The predicted molar refractivity (Wildman–Crippen MR) is 138 cm³/mol. The van der Waals surface area contributed by atoms with E-state index in [1.165, 1.54) is 25.7 Å². The lowest BCUT2D eigenvalue weighted by molar-refractivity contribution is -0.124. The summed E-state index contributed by atoms with van der Waals surface area (Å²) in [6.45, 7) is 1.37. The largest absolute Gasteiger partial charge is 0.357 e. The summed E-state index contributed by atoms with van der Waals surface area (Å²) in [5.74, 6) is 0.371. The normalized spacial score (nSPS) is 27.6. The van der Waals surface area contributed by atoms with Gasteiger partial charge in [-0.2, -0.15) is 13.7 Å². The summed E-state index contributed by atoms with van der Waals surface area (Å²) in [4.78, 5) is 16.3. The Balaban J connectivity index is 1.34. The van der Waals surface area contributed by atoms with Crippen LogP contribution in [-0.2, 0) is 14.8 Å². The first kappa shape index (κ1) is 25.2. The smallest absolute Gasteiger partial charge is 0.285 e. The SMILES string of the molecule is N#CC1(NC(=O)C(CC2CCCCC2)NC2=NS(=O)(=O)c3ccccc32)CCN(C2CCCCC2)C1. The second-order valence-corrected chi connectivity index (χ2v) is 12.6. The van der Waals surface area contributed by atoms with E-state index in [0.717, 1.165) is 45.1 Å². The standard InChI is InChI=1S/C27H37N5O3S/c28-18-27(15-16-32(19-27)21-11-5-2-6-12-21)30-26(33)23(17-20-9-3-1-4-10-20)29-25-22-13-7-8-14-24(22)36(34,35)31-25/h7-8,13-14,20-21,23H,1-6,9-12,15-17,19H2,(H,29,31)(H,30,33). The summed E-state index contributed by atoms with van der Waals surface area (Å²) < 4.78 is 29.2. The fourth-order valence-electron chi connectivity index (χ4n) is 6.50. The highest BCUT2D eigenvalue weighted by Gasteiger charge is 2.43. The van der Waals surface area contributed by atoms with Gasteiger partial charge in [0, 0.05) is 24.7 Å². The van der Waals surface area contributed by atoms with Crippen LogP contribution in [-0.4, -0.2) is 55.8 Å². The zero-order valence-corrected chi connectivity index (χ0v) is 21.7. The Hall–Kier alpha value is -2.44. The molecule has 2 aliphatic heterocycles. The lowest BCUT2D eigenvalue weighted by atomic mass is 9.84. The second-order valence-electron chi connectivity index (χ2n) is 11.0. The molecule has 36 heavy (non-hydrogen) atoms. The van der Waals surface area contributed by atoms with Crippen molar-refractivity contribution in [2.45, 2.75) is 99.6 Å². The Morgan fingerprint density at radius 1 is 1.11 bits per heavy atom. The zero-order chi connectivity index (χ0) is 25.2. The van der Waals surface area contributed by atoms with Crippen molar-refractivity contribution in [3.63, 3.8) is 0 Å². The summed E-state index contributed by atoms with van der Waals surface area (Å²) in [5.41, 5.74) is -0.416. The van der Waals surface area contributed by atoms with Gasteiger partial charge in [0.25, 0.3) is 10.0 Å². The number of hydrogen-bond donors (Lipinski definition) is 2. The molecule has 0 bridgehead atoms. The molecule has 3 fully saturated rings. The van der Waals surface area contributed by atoms with Crippen LogP contribution < -0.4 is 10.6 Å². The maximum atomic E-state index is 13.7. The van der Waals surface area contributed by atoms with Crippen LogP contribution in [0.25, 0.3) is 0 Å². The van der Waals surface area contributed by atoms with Gasteiger partial charge in [-0.15, -0.1) is 4.40 Å². The molecular formula is C27H37N5O3S. The van der Waals surface area contributed by atoms with Crippen molar-refractivity contribution in [1.82, 2.24) is 15.5 Å². The number of likely N-dealkylation sites (tertiary alicyclic amines) is 1. The van der Waals surface area contributed by atoms with Gasteiger partial charge < -0.3 is 10.6 Å². The van der Waals surface area contributed by atoms with Gasteiger partial charge in [-0.1, -0.05) is 63.5 Å². The molecule has 1 aromatic rings. The number of carbonyl (C=O) groups excluding carboxylic acids is 1. The number of carbonyl (C=O) groups is 1. The molecule has 2 unspecified atom stereocenters. The molecule has 4 aliphatic rings. The van der Waals surface area contributed by atoms with Crippen LogP contribution in [0.3, 0.4) is 0 Å². The molecule has 8 nitrogen and oxygen atoms in total. The minimum Gasteiger partial charge on any atom is -0.357 e. The van der Waals surface area contributed by atoms with Crippen molar-refractivity contribution < 1.29 is 13.2 Å². The number of sulfonamides is 1. The van der Waals surface area contributed by atoms with E-state index in [9.17, 15) is 18.5 Å². The topological polar surface area (TPSA) is 115 Å². The third kappa shape index (κ3) is 5.30. The highest BCUT2D eigenvalue weighted by atomic mass is 32.2. The van der Waals surface area contributed by atoms with Gasteiger partial charge >= 0.3 is 0 Å². The third-order valence-electron chi connectivity index (χ3n) is 8.52. The van der Waals surface area contributed by atoms with Gasteiger partial charge in [0.15, 0.2) is 0 Å². The van der Waals surface area contributed by atoms with Gasteiger partial charge in [-0.25, -0.2) is 0 Å². The Morgan fingerprint density at radius 2 is 1.81 bits per heavy atom. The molecule has 2 heterocycles. The summed E-state index contributed by atoms with van der Waals surface area (Å²) in [5, 5.41) is 16.5. The summed E-state index contributed by atoms with van der Waals surface area (Å²) in [7, 11) is -3.78. The summed E-state index contributed by atoms with van der Waals surface area (Å²) in [6, 6.07) is 8.99. The van der Waals surface area contributed by atoms with E-state index in [2.05, 4.69) is 26.0 Å². The van der Waals surface area contributed by atoms with Crippen molar-refractivity contribution in [3.05, 3.63) is 29.8 Å². The number of hydrogen-bond acceptors (Lipinski definition) is 6. The van der Waals surface area contributed by atoms with E-state index in [1.807, 2.05) is 0 Å². The minimum absolute atomic E-state index is 0.164. The van der Waals surface area contributed by atoms with Gasteiger partial charge in [-0.3, -0.25) is 9.69 Å². The first-order valence-electron chi connectivity index (χ1n) is 13.6. The number of benzene rings is 1. The molecule has 2 atom stereocenters. The zero-order valence-electron chi connectivity index (χ0n) is 20.9. The number of amidine groups is 1. The van der Waals surface area contributed by atoms with Crippen molar-refractivity contribution >= 4 is 21.8 Å². The maximum absolute atomic E-state index is 13.7. The average molecular weight is 512 g/mol. The quantitative estimate of drug-likeness (QED) is 0.604. The van der Waals surface area contributed by atoms with Crippen LogP contribution in [0.1, 0.15) is 82.6 Å². The Morgan fingerprint density at radius 3 is 2.53 bits per heavy atom. The van der Waals surface area contributed by atoms with Crippen LogP contribution in [0.15, 0.2) is 33.6 Å². The molecule has 0 radical (unpaired) electrons. The van der Waals surface area contributed by atoms with Crippen LogP contribution in [0.4, 0.5) is 0 Å². The highest BCUT2D eigenvalue weighted by molar-refractivity contribution is 7.90. The molecular weight excluding hydrogens is 474 g/mol. The number of amides is 1. The average Bonchev–Trinajstić information content (AvgIpc) is 3.44. The Labute approximate surface area is 214 Å². The number of rotatable bonds is 6. The van der Waals surface area contributed by atoms with E-state index >= 15 is 0 Å². The van der Waals surface area contributed by atoms with E-state index in [4.69, 9.17) is 0 Å². The Kier molecular flexibility index (Phi) is 7.36. The molecule has 2 N–H and O–H groups in total. The first-order chi connectivity index (χ1) is 17.4. The molecule has 0 spiro atoms. The Bertz CT molecular complexity index is 1150. The first-order valence-corrected chi connectivity index (χ1v) is 15.0. The molecule has 1 amide bonds. The van der Waals surface area contributed by atoms with Crippen LogP contribution in [0.5, 0.6) is 0 Å². The lowest BCUT2D eigenvalue weighted by Gasteiger charge is -2.33. The molecule has 194 valence electrons. The highest BCUT2D eigenvalue weighted by Crippen LogP contribution is 2.32. The van der Waals surface area contributed by atoms with E-state index < -0.39 is 21.6 Å². The maximum Gasteiger partial charge on any atom is 0.285 e. The molecule has 2 saturated carbocycles. The summed E-state index contributed by atoms with van der Waals surface area (Å²) in [6.07, 6.45) is 12.9. The third-order valence-corrected chi connectivity index (χ3v) is 9.85. The predicted octanol–water partition coefficient (Wildman–Crippen LogP) is 3.48. The van der Waals surface area contributed by atoms with Crippen molar-refractivity contribution in [2.24, 2.45) is 10.3 Å². The lowest BCUT2D eigenvalue weighted by Crippen LogP contribution is -2.57. The van der Waals surface area contributed by atoms with Gasteiger partial charge in [-0.05, 0) is 43.7 Å². The molecule has 0 aromatic heterocycles. The number of nitriles is 1. The van der Waals surface area contributed by atoms with Crippen molar-refractivity contribution in [1.29, 1.82) is 5.26 Å².